The quantitative estimate of drug-likeness (QED) is 0.441. The molecule has 3 heterocycles. The van der Waals surface area contributed by atoms with Gasteiger partial charge in [0.05, 0.1) is 12.9 Å². The number of nitrogens with zero attached hydrogens (tertiary/aromatic N) is 4. The SMILES string of the molecule is OC[C@H]1OC(n2cnc3c(NCc4cccc(OC(F)(F)F)c4)ncnc32)[C@H](O)[C@@H]1O. The summed E-state index contributed by atoms with van der Waals surface area (Å²) in [4.78, 5) is 12.5. The van der Waals surface area contributed by atoms with Crippen molar-refractivity contribution >= 4 is 17.0 Å². The first-order valence-corrected chi connectivity index (χ1v) is 9.15. The molecular formula is C18H18F3N5O5. The fourth-order valence-electron chi connectivity index (χ4n) is 3.32. The molecule has 1 aromatic carbocycles. The Morgan fingerprint density at radius 3 is 2.68 bits per heavy atom. The summed E-state index contributed by atoms with van der Waals surface area (Å²) >= 11 is 0. The molecule has 31 heavy (non-hydrogen) atoms. The summed E-state index contributed by atoms with van der Waals surface area (Å²) < 4.78 is 48.0. The number of alkyl halides is 3. The Balaban J connectivity index is 1.54. The number of rotatable bonds is 6. The Hall–Kier alpha value is -3.00. The molecule has 0 amide bonds. The molecule has 1 aliphatic rings. The number of anilines is 1. The zero-order chi connectivity index (χ0) is 22.2. The third-order valence-electron chi connectivity index (χ3n) is 4.74. The second kappa shape index (κ2) is 8.26. The number of aliphatic hydroxyl groups is 3. The maximum absolute atomic E-state index is 12.4. The molecule has 1 unspecified atom stereocenters. The molecule has 0 saturated carbocycles. The first-order chi connectivity index (χ1) is 14.8. The van der Waals surface area contributed by atoms with Gasteiger partial charge in [0.15, 0.2) is 23.2 Å². The van der Waals surface area contributed by atoms with Crippen molar-refractivity contribution in [3.8, 4) is 5.75 Å². The lowest BCUT2D eigenvalue weighted by Crippen LogP contribution is -2.33. The maximum atomic E-state index is 12.4. The first-order valence-electron chi connectivity index (χ1n) is 9.15. The number of ether oxygens (including phenoxy) is 2. The van der Waals surface area contributed by atoms with Crippen molar-refractivity contribution in [2.45, 2.75) is 37.4 Å². The van der Waals surface area contributed by atoms with E-state index in [4.69, 9.17) is 4.74 Å². The molecule has 166 valence electrons. The van der Waals surface area contributed by atoms with Crippen molar-refractivity contribution in [2.75, 3.05) is 11.9 Å². The lowest BCUT2D eigenvalue weighted by Gasteiger charge is -2.16. The number of fused-ring (bicyclic) bond motifs is 1. The largest absolute Gasteiger partial charge is 0.573 e. The van der Waals surface area contributed by atoms with Gasteiger partial charge in [-0.05, 0) is 17.7 Å². The summed E-state index contributed by atoms with van der Waals surface area (Å²) in [6.07, 6.45) is -6.75. The summed E-state index contributed by atoms with van der Waals surface area (Å²) in [6.45, 7) is -0.345. The van der Waals surface area contributed by atoms with Crippen LogP contribution in [-0.4, -0.2) is 66.1 Å². The molecule has 4 rings (SSSR count). The Bertz CT molecular complexity index is 1060. The van der Waals surface area contributed by atoms with Crippen LogP contribution < -0.4 is 10.1 Å². The van der Waals surface area contributed by atoms with E-state index in [2.05, 4.69) is 25.0 Å². The predicted molar refractivity (Wildman–Crippen MR) is 98.8 cm³/mol. The second-order valence-electron chi connectivity index (χ2n) is 6.82. The number of imidazole rings is 1. The topological polar surface area (TPSA) is 135 Å². The van der Waals surface area contributed by atoms with E-state index >= 15 is 0 Å². The number of halogens is 3. The molecule has 10 nitrogen and oxygen atoms in total. The number of benzene rings is 1. The zero-order valence-electron chi connectivity index (χ0n) is 15.8. The van der Waals surface area contributed by atoms with Gasteiger partial charge in [-0.25, -0.2) is 15.0 Å². The van der Waals surface area contributed by atoms with E-state index < -0.39 is 37.5 Å². The number of aliphatic hydroxyl groups excluding tert-OH is 3. The number of hydrogen-bond donors (Lipinski definition) is 4. The van der Waals surface area contributed by atoms with Gasteiger partial charge in [0.2, 0.25) is 0 Å². The monoisotopic (exact) mass is 441 g/mol. The van der Waals surface area contributed by atoms with Crippen molar-refractivity contribution in [1.82, 2.24) is 19.5 Å². The van der Waals surface area contributed by atoms with Gasteiger partial charge < -0.3 is 30.1 Å². The van der Waals surface area contributed by atoms with Crippen LogP contribution in [0.5, 0.6) is 5.75 Å². The minimum atomic E-state index is -4.78. The molecule has 0 radical (unpaired) electrons. The molecule has 13 heteroatoms. The van der Waals surface area contributed by atoms with Crippen LogP contribution in [0, 0.1) is 0 Å². The molecule has 1 aliphatic heterocycles. The van der Waals surface area contributed by atoms with E-state index in [1.54, 1.807) is 6.07 Å². The second-order valence-corrected chi connectivity index (χ2v) is 6.82. The summed E-state index contributed by atoms with van der Waals surface area (Å²) in [6, 6.07) is 5.50. The van der Waals surface area contributed by atoms with Crippen LogP contribution >= 0.6 is 0 Å². The van der Waals surface area contributed by atoms with Crippen LogP contribution in [0.3, 0.4) is 0 Å². The third kappa shape index (κ3) is 4.39. The van der Waals surface area contributed by atoms with E-state index in [1.807, 2.05) is 0 Å². The lowest BCUT2D eigenvalue weighted by molar-refractivity contribution is -0.274. The normalized spacial score (nSPS) is 23.9. The summed E-state index contributed by atoms with van der Waals surface area (Å²) in [5, 5.41) is 32.4. The number of aromatic nitrogens is 4. The average Bonchev–Trinajstić information content (AvgIpc) is 3.27. The van der Waals surface area contributed by atoms with Crippen LogP contribution in [-0.2, 0) is 11.3 Å². The average molecular weight is 441 g/mol. The predicted octanol–water partition coefficient (Wildman–Crippen LogP) is 0.949. The fraction of sp³-hybridized carbons (Fsp3) is 0.389. The van der Waals surface area contributed by atoms with Gasteiger partial charge in [0, 0.05) is 6.54 Å². The minimum absolute atomic E-state index is 0.127. The highest BCUT2D eigenvalue weighted by Crippen LogP contribution is 2.32. The van der Waals surface area contributed by atoms with Gasteiger partial charge in [-0.1, -0.05) is 12.1 Å². The molecule has 4 N–H and O–H groups in total. The maximum Gasteiger partial charge on any atom is 0.573 e. The van der Waals surface area contributed by atoms with Crippen molar-refractivity contribution in [2.24, 2.45) is 0 Å². The summed E-state index contributed by atoms with van der Waals surface area (Å²) in [7, 11) is 0. The molecular weight excluding hydrogens is 423 g/mol. The van der Waals surface area contributed by atoms with Crippen LogP contribution in [0.2, 0.25) is 0 Å². The molecule has 2 aromatic heterocycles. The van der Waals surface area contributed by atoms with Crippen LogP contribution in [0.25, 0.3) is 11.2 Å². The smallest absolute Gasteiger partial charge is 0.406 e. The van der Waals surface area contributed by atoms with E-state index in [0.717, 1.165) is 0 Å². The van der Waals surface area contributed by atoms with Crippen molar-refractivity contribution in [1.29, 1.82) is 0 Å². The van der Waals surface area contributed by atoms with Crippen LogP contribution in [0.4, 0.5) is 19.0 Å². The van der Waals surface area contributed by atoms with Gasteiger partial charge in [-0.3, -0.25) is 4.57 Å². The molecule has 1 saturated heterocycles. The van der Waals surface area contributed by atoms with Crippen molar-refractivity contribution in [3.05, 3.63) is 42.5 Å². The van der Waals surface area contributed by atoms with Crippen molar-refractivity contribution in [3.63, 3.8) is 0 Å². The van der Waals surface area contributed by atoms with E-state index in [-0.39, 0.29) is 12.3 Å². The number of nitrogens with one attached hydrogen (secondary N) is 1. The number of hydrogen-bond acceptors (Lipinski definition) is 9. The zero-order valence-corrected chi connectivity index (χ0v) is 15.8. The lowest BCUT2D eigenvalue weighted by atomic mass is 10.1. The van der Waals surface area contributed by atoms with Crippen LogP contribution in [0.15, 0.2) is 36.9 Å². The standard InChI is InChI=1S/C18H18F3N5O5/c19-18(20,21)31-10-3-1-2-9(4-10)5-22-15-12-16(24-7-23-15)26(8-25-12)17-14(29)13(28)11(6-27)30-17/h1-4,7-8,11,13-14,17,27-29H,5-6H2,(H,22,23,24)/t11-,13-,14-,17?/m1/s1. The molecule has 0 aliphatic carbocycles. The van der Waals surface area contributed by atoms with Crippen LogP contribution in [0.1, 0.15) is 11.8 Å². The fourth-order valence-corrected chi connectivity index (χ4v) is 3.32. The Labute approximate surface area is 172 Å². The molecule has 1 fully saturated rings. The first kappa shape index (κ1) is 21.2. The highest BCUT2D eigenvalue weighted by atomic mass is 19.4. The molecule has 0 spiro atoms. The van der Waals surface area contributed by atoms with Gasteiger partial charge in [0.25, 0.3) is 0 Å². The summed E-state index contributed by atoms with van der Waals surface area (Å²) in [5.74, 6) is -0.0362. The Morgan fingerprint density at radius 2 is 1.97 bits per heavy atom. The summed E-state index contributed by atoms with van der Waals surface area (Å²) in [5.41, 5.74) is 1.13. The Kier molecular flexibility index (Phi) is 5.66. The minimum Gasteiger partial charge on any atom is -0.406 e. The van der Waals surface area contributed by atoms with Crippen molar-refractivity contribution < 1.29 is 38.0 Å². The molecule has 3 aromatic rings. The van der Waals surface area contributed by atoms with E-state index in [0.29, 0.717) is 22.5 Å². The van der Waals surface area contributed by atoms with E-state index in [9.17, 15) is 28.5 Å². The van der Waals surface area contributed by atoms with Gasteiger partial charge in [0.1, 0.15) is 30.4 Å². The molecule has 0 bridgehead atoms. The van der Waals surface area contributed by atoms with Gasteiger partial charge in [-0.2, -0.15) is 0 Å². The molecule has 4 atom stereocenters. The Morgan fingerprint density at radius 1 is 1.16 bits per heavy atom. The third-order valence-corrected chi connectivity index (χ3v) is 4.74. The highest BCUT2D eigenvalue weighted by Gasteiger charge is 2.44. The van der Waals surface area contributed by atoms with Gasteiger partial charge in [-0.15, -0.1) is 13.2 Å². The highest BCUT2D eigenvalue weighted by molar-refractivity contribution is 5.82. The van der Waals surface area contributed by atoms with E-state index in [1.165, 1.54) is 35.4 Å². The van der Waals surface area contributed by atoms with Gasteiger partial charge >= 0.3 is 6.36 Å².